The summed E-state index contributed by atoms with van der Waals surface area (Å²) in [6, 6.07) is 14.3. The fourth-order valence-corrected chi connectivity index (χ4v) is 3.59. The normalized spacial score (nSPS) is 18.7. The fourth-order valence-electron chi connectivity index (χ4n) is 3.59. The minimum absolute atomic E-state index is 0.193. The molecular weight excluding hydrogens is 346 g/mol. The maximum absolute atomic E-state index is 12.8. The molecule has 138 valence electrons. The van der Waals surface area contributed by atoms with Gasteiger partial charge in [-0.05, 0) is 25.1 Å². The molecule has 7 heteroatoms. The quantitative estimate of drug-likeness (QED) is 0.568. The lowest BCUT2D eigenvalue weighted by molar-refractivity contribution is -0.152. The van der Waals surface area contributed by atoms with E-state index in [2.05, 4.69) is 10.3 Å². The summed E-state index contributed by atoms with van der Waals surface area (Å²) in [6.45, 7) is 1.91. The molecule has 0 fully saturated rings. The van der Waals surface area contributed by atoms with E-state index in [9.17, 15) is 9.59 Å². The molecule has 2 heterocycles. The van der Waals surface area contributed by atoms with Gasteiger partial charge in [0.25, 0.3) is 0 Å². The number of imidazole rings is 1. The average Bonchev–Trinajstić information content (AvgIpc) is 3.04. The van der Waals surface area contributed by atoms with Crippen LogP contribution in [-0.4, -0.2) is 35.1 Å². The Hall–Kier alpha value is -3.35. The van der Waals surface area contributed by atoms with Crippen molar-refractivity contribution in [3.8, 4) is 5.75 Å². The Labute approximate surface area is 155 Å². The standard InChI is InChI=1S/C20H19N3O4/c1-3-27-19(25)16-17(12-8-4-7-11-15(12)26-2)23-14-10-6-5-9-13(14)21-20(23)22-18(16)24/h4-11,16-17H,3H2,1-2H3,(H,21,22,24)/t16-,17-/m1/s1. The minimum Gasteiger partial charge on any atom is -0.496 e. The smallest absolute Gasteiger partial charge is 0.321 e. The highest BCUT2D eigenvalue weighted by molar-refractivity contribution is 6.07. The summed E-state index contributed by atoms with van der Waals surface area (Å²) in [4.78, 5) is 30.0. The molecule has 1 aromatic heterocycles. The molecule has 0 bridgehead atoms. The Morgan fingerprint density at radius 1 is 1.19 bits per heavy atom. The number of methoxy groups -OCH3 is 1. The number of hydrogen-bond acceptors (Lipinski definition) is 5. The summed E-state index contributed by atoms with van der Waals surface area (Å²) >= 11 is 0. The highest BCUT2D eigenvalue weighted by atomic mass is 16.5. The van der Waals surface area contributed by atoms with Gasteiger partial charge in [0.2, 0.25) is 11.9 Å². The van der Waals surface area contributed by atoms with Crippen LogP contribution >= 0.6 is 0 Å². The van der Waals surface area contributed by atoms with Crippen LogP contribution in [0.1, 0.15) is 18.5 Å². The first-order valence-electron chi connectivity index (χ1n) is 8.73. The topological polar surface area (TPSA) is 82.5 Å². The van der Waals surface area contributed by atoms with Crippen molar-refractivity contribution in [2.24, 2.45) is 5.92 Å². The first-order chi connectivity index (χ1) is 13.2. The largest absolute Gasteiger partial charge is 0.496 e. The van der Waals surface area contributed by atoms with Crippen LogP contribution in [0.25, 0.3) is 11.0 Å². The second kappa shape index (κ2) is 6.75. The number of rotatable bonds is 4. The average molecular weight is 365 g/mol. The Morgan fingerprint density at radius 3 is 2.70 bits per heavy atom. The third-order valence-electron chi connectivity index (χ3n) is 4.71. The van der Waals surface area contributed by atoms with E-state index in [1.54, 1.807) is 14.0 Å². The van der Waals surface area contributed by atoms with Crippen LogP contribution in [0.3, 0.4) is 0 Å². The molecule has 0 aliphatic carbocycles. The van der Waals surface area contributed by atoms with E-state index in [1.807, 2.05) is 53.1 Å². The van der Waals surface area contributed by atoms with Crippen molar-refractivity contribution in [1.82, 2.24) is 9.55 Å². The van der Waals surface area contributed by atoms with Crippen molar-refractivity contribution in [3.63, 3.8) is 0 Å². The number of amides is 1. The number of nitrogens with zero attached hydrogens (tertiary/aromatic N) is 2. The van der Waals surface area contributed by atoms with Crippen molar-refractivity contribution in [3.05, 3.63) is 54.1 Å². The van der Waals surface area contributed by atoms with Gasteiger partial charge in [-0.2, -0.15) is 0 Å². The van der Waals surface area contributed by atoms with Gasteiger partial charge in [-0.15, -0.1) is 0 Å². The molecular formula is C20H19N3O4. The van der Waals surface area contributed by atoms with Gasteiger partial charge >= 0.3 is 5.97 Å². The van der Waals surface area contributed by atoms with Gasteiger partial charge in [0.1, 0.15) is 5.75 Å². The zero-order valence-electron chi connectivity index (χ0n) is 15.0. The number of carbonyl (C=O) groups is 2. The van der Waals surface area contributed by atoms with E-state index < -0.39 is 23.8 Å². The molecule has 1 aliphatic rings. The molecule has 7 nitrogen and oxygen atoms in total. The van der Waals surface area contributed by atoms with Crippen molar-refractivity contribution in [1.29, 1.82) is 0 Å². The molecule has 27 heavy (non-hydrogen) atoms. The third kappa shape index (κ3) is 2.71. The van der Waals surface area contributed by atoms with Crippen LogP contribution in [0, 0.1) is 5.92 Å². The molecule has 0 saturated carbocycles. The van der Waals surface area contributed by atoms with Crippen LogP contribution < -0.4 is 10.1 Å². The van der Waals surface area contributed by atoms with E-state index in [0.29, 0.717) is 11.7 Å². The molecule has 0 saturated heterocycles. The second-order valence-electron chi connectivity index (χ2n) is 6.20. The lowest BCUT2D eigenvalue weighted by atomic mass is 9.89. The molecule has 1 amide bonds. The van der Waals surface area contributed by atoms with Crippen LogP contribution in [0.4, 0.5) is 5.95 Å². The lowest BCUT2D eigenvalue weighted by Crippen LogP contribution is -2.43. The summed E-state index contributed by atoms with van der Waals surface area (Å²) in [5.74, 6) is -1.07. The highest BCUT2D eigenvalue weighted by Crippen LogP contribution is 2.41. The van der Waals surface area contributed by atoms with E-state index >= 15 is 0 Å². The number of esters is 1. The van der Waals surface area contributed by atoms with Gasteiger partial charge < -0.3 is 14.0 Å². The molecule has 0 radical (unpaired) electrons. The van der Waals surface area contributed by atoms with Crippen molar-refractivity contribution >= 4 is 28.9 Å². The van der Waals surface area contributed by atoms with Crippen LogP contribution in [0.5, 0.6) is 5.75 Å². The molecule has 4 rings (SSSR count). The zero-order valence-corrected chi connectivity index (χ0v) is 15.0. The first-order valence-corrected chi connectivity index (χ1v) is 8.73. The van der Waals surface area contributed by atoms with Gasteiger partial charge in [0, 0.05) is 5.56 Å². The number of nitrogens with one attached hydrogen (secondary N) is 1. The van der Waals surface area contributed by atoms with Crippen LogP contribution in [-0.2, 0) is 14.3 Å². The molecule has 0 spiro atoms. The zero-order chi connectivity index (χ0) is 19.0. The predicted octanol–water partition coefficient (Wildman–Crippen LogP) is 2.77. The maximum Gasteiger partial charge on any atom is 0.321 e. The van der Waals surface area contributed by atoms with Gasteiger partial charge in [0.15, 0.2) is 5.92 Å². The van der Waals surface area contributed by atoms with Crippen molar-refractivity contribution in [2.45, 2.75) is 13.0 Å². The van der Waals surface area contributed by atoms with Crippen LogP contribution in [0.2, 0.25) is 0 Å². The molecule has 3 aromatic rings. The molecule has 2 aromatic carbocycles. The van der Waals surface area contributed by atoms with Gasteiger partial charge in [0.05, 0.1) is 30.8 Å². The van der Waals surface area contributed by atoms with E-state index in [-0.39, 0.29) is 6.61 Å². The number of carbonyl (C=O) groups excluding carboxylic acids is 2. The van der Waals surface area contributed by atoms with Gasteiger partial charge in [-0.3, -0.25) is 14.9 Å². The SMILES string of the molecule is CCOC(=O)[C@H]1C(=O)Nc2nc3ccccc3n2[C@@H]1c1ccccc1OC. The van der Waals surface area contributed by atoms with Crippen molar-refractivity contribution < 1.29 is 19.1 Å². The summed E-state index contributed by atoms with van der Waals surface area (Å²) in [5, 5.41) is 2.75. The van der Waals surface area contributed by atoms with E-state index in [0.717, 1.165) is 16.6 Å². The number of fused-ring (bicyclic) bond motifs is 3. The maximum atomic E-state index is 12.8. The Kier molecular flexibility index (Phi) is 4.27. The number of aromatic nitrogens is 2. The number of anilines is 1. The number of benzene rings is 2. The molecule has 1 aliphatic heterocycles. The molecule has 1 N–H and O–H groups in total. The van der Waals surface area contributed by atoms with E-state index in [4.69, 9.17) is 9.47 Å². The molecule has 2 atom stereocenters. The number of para-hydroxylation sites is 3. The Balaban J connectivity index is 1.99. The summed E-state index contributed by atoms with van der Waals surface area (Å²) in [7, 11) is 1.56. The van der Waals surface area contributed by atoms with Gasteiger partial charge in [-0.25, -0.2) is 4.98 Å². The van der Waals surface area contributed by atoms with Gasteiger partial charge in [-0.1, -0.05) is 30.3 Å². The number of hydrogen-bond donors (Lipinski definition) is 1. The second-order valence-corrected chi connectivity index (χ2v) is 6.20. The first kappa shape index (κ1) is 17.1. The monoisotopic (exact) mass is 365 g/mol. The van der Waals surface area contributed by atoms with E-state index in [1.165, 1.54) is 0 Å². The summed E-state index contributed by atoms with van der Waals surface area (Å²) in [5.41, 5.74) is 2.27. The Morgan fingerprint density at radius 2 is 1.93 bits per heavy atom. The Bertz CT molecular complexity index is 1030. The van der Waals surface area contributed by atoms with Crippen molar-refractivity contribution in [2.75, 3.05) is 19.0 Å². The number of ether oxygens (including phenoxy) is 2. The summed E-state index contributed by atoms with van der Waals surface area (Å²) in [6.07, 6.45) is 0. The summed E-state index contributed by atoms with van der Waals surface area (Å²) < 4.78 is 12.6. The third-order valence-corrected chi connectivity index (χ3v) is 4.71. The fraction of sp³-hybridized carbons (Fsp3) is 0.250. The lowest BCUT2D eigenvalue weighted by Gasteiger charge is -2.32. The van der Waals surface area contributed by atoms with Crippen LogP contribution in [0.15, 0.2) is 48.5 Å². The highest BCUT2D eigenvalue weighted by Gasteiger charge is 2.45. The minimum atomic E-state index is -1.05. The molecule has 0 unspecified atom stereocenters. The predicted molar refractivity (Wildman–Crippen MR) is 99.6 cm³/mol.